The molecule has 0 N–H and O–H groups in total. The van der Waals surface area contributed by atoms with E-state index >= 15 is 0 Å². The van der Waals surface area contributed by atoms with Gasteiger partial charge < -0.3 is 9.64 Å². The van der Waals surface area contributed by atoms with Crippen molar-refractivity contribution in [3.8, 4) is 0 Å². The van der Waals surface area contributed by atoms with Gasteiger partial charge in [-0.25, -0.2) is 23.2 Å². The smallest absolute Gasteiger partial charge is 0.360 e. The van der Waals surface area contributed by atoms with E-state index in [-0.39, 0.29) is 18.8 Å². The Morgan fingerprint density at radius 2 is 1.62 bits per heavy atom. The fourth-order valence-electron chi connectivity index (χ4n) is 4.60. The number of aromatic nitrogens is 2. The number of hydrogen-bond donors (Lipinski definition) is 0. The number of rotatable bonds is 5. The number of para-hydroxylation sites is 2. The van der Waals surface area contributed by atoms with E-state index in [2.05, 4.69) is 4.98 Å². The summed E-state index contributed by atoms with van der Waals surface area (Å²) in [6.45, 7) is 9.24. The third-order valence-corrected chi connectivity index (χ3v) is 8.18. The molecule has 3 aromatic rings. The van der Waals surface area contributed by atoms with Gasteiger partial charge in [-0.3, -0.25) is 0 Å². The van der Waals surface area contributed by atoms with E-state index in [4.69, 9.17) is 9.72 Å². The van der Waals surface area contributed by atoms with Gasteiger partial charge in [-0.15, -0.1) is 0 Å². The number of anilines is 1. The van der Waals surface area contributed by atoms with Crippen LogP contribution < -0.4 is 4.90 Å². The van der Waals surface area contributed by atoms with Crippen molar-refractivity contribution < 1.29 is 17.9 Å². The lowest BCUT2D eigenvalue weighted by atomic mass is 10.1. The summed E-state index contributed by atoms with van der Waals surface area (Å²) in [7, 11) is -3.66. The summed E-state index contributed by atoms with van der Waals surface area (Å²) in [5.41, 5.74) is 3.98. The molecule has 0 aliphatic carbocycles. The van der Waals surface area contributed by atoms with Crippen LogP contribution in [0.3, 0.4) is 0 Å². The van der Waals surface area contributed by atoms with Crippen LogP contribution in [0.1, 0.15) is 40.5 Å². The first-order valence-electron chi connectivity index (χ1n) is 11.5. The highest BCUT2D eigenvalue weighted by atomic mass is 32.2. The molecular weight excluding hydrogens is 452 g/mol. The van der Waals surface area contributed by atoms with Crippen molar-refractivity contribution in [2.24, 2.45) is 0 Å². The fraction of sp³-hybridized carbons (Fsp3) is 0.400. The molecule has 0 spiro atoms. The van der Waals surface area contributed by atoms with Gasteiger partial charge in [0.25, 0.3) is 0 Å². The summed E-state index contributed by atoms with van der Waals surface area (Å²) in [5, 5.41) is 0. The van der Waals surface area contributed by atoms with Crippen molar-refractivity contribution >= 4 is 32.8 Å². The number of esters is 1. The number of nitrogens with zero attached hydrogens (tertiary/aromatic N) is 4. The van der Waals surface area contributed by atoms with Crippen LogP contribution in [0.25, 0.3) is 11.0 Å². The summed E-state index contributed by atoms with van der Waals surface area (Å²) in [4.78, 5) is 24.3. The number of aryl methyl sites for hydroxylation is 3. The van der Waals surface area contributed by atoms with E-state index in [1.807, 2.05) is 56.0 Å². The second-order valence-electron chi connectivity index (χ2n) is 8.58. The van der Waals surface area contributed by atoms with Gasteiger partial charge in [-0.1, -0.05) is 29.8 Å². The number of fused-ring (bicyclic) bond motifs is 1. The number of ether oxygens (including phenoxy) is 1. The van der Waals surface area contributed by atoms with Gasteiger partial charge in [0.05, 0.1) is 22.5 Å². The Bertz CT molecular complexity index is 1320. The molecule has 8 nitrogen and oxygen atoms in total. The van der Waals surface area contributed by atoms with Crippen molar-refractivity contribution in [2.45, 2.75) is 39.0 Å². The molecule has 0 radical (unpaired) electrons. The minimum Gasteiger partial charge on any atom is -0.461 e. The molecule has 1 fully saturated rings. The Morgan fingerprint density at radius 1 is 0.971 bits per heavy atom. The molecule has 0 amide bonds. The normalized spacial score (nSPS) is 15.4. The maximum absolute atomic E-state index is 13.6. The van der Waals surface area contributed by atoms with Crippen molar-refractivity contribution in [3.63, 3.8) is 0 Å². The lowest BCUT2D eigenvalue weighted by molar-refractivity contribution is 0.0520. The van der Waals surface area contributed by atoms with Gasteiger partial charge in [0.1, 0.15) is 0 Å². The van der Waals surface area contributed by atoms with Crippen LogP contribution in [0, 0.1) is 20.8 Å². The van der Waals surface area contributed by atoms with E-state index in [1.54, 1.807) is 13.0 Å². The molecule has 1 saturated heterocycles. The standard InChI is InChI=1S/C25H30N4O4S/c1-5-33-25(30)22-24(27-21-10-7-6-9-20(21)26-22)28-11-8-12-29(14-13-28)34(31,32)23-18(3)15-17(2)16-19(23)4/h6-7,9-10,15-16H,5,8,11-14H2,1-4H3. The summed E-state index contributed by atoms with van der Waals surface area (Å²) in [6, 6.07) is 11.2. The third-order valence-electron chi connectivity index (χ3n) is 5.98. The van der Waals surface area contributed by atoms with Crippen LogP contribution in [-0.4, -0.2) is 61.4 Å². The zero-order valence-electron chi connectivity index (χ0n) is 20.0. The number of carbonyl (C=O) groups excluding carboxylic acids is 1. The van der Waals surface area contributed by atoms with Gasteiger partial charge in [-0.05, 0) is 57.4 Å². The highest BCUT2D eigenvalue weighted by Gasteiger charge is 2.31. The highest BCUT2D eigenvalue weighted by molar-refractivity contribution is 7.89. The van der Waals surface area contributed by atoms with E-state index in [1.165, 1.54) is 4.31 Å². The molecule has 2 heterocycles. The molecule has 1 aliphatic heterocycles. The van der Waals surface area contributed by atoms with Gasteiger partial charge in [0, 0.05) is 26.2 Å². The van der Waals surface area contributed by atoms with Crippen molar-refractivity contribution in [3.05, 3.63) is 58.8 Å². The summed E-state index contributed by atoms with van der Waals surface area (Å²) in [5.74, 6) is -0.102. The monoisotopic (exact) mass is 482 g/mol. The minimum absolute atomic E-state index is 0.155. The Balaban J connectivity index is 1.66. The largest absolute Gasteiger partial charge is 0.461 e. The first-order chi connectivity index (χ1) is 16.2. The van der Waals surface area contributed by atoms with Crippen molar-refractivity contribution in [1.29, 1.82) is 0 Å². The van der Waals surface area contributed by atoms with Crippen LogP contribution in [-0.2, 0) is 14.8 Å². The van der Waals surface area contributed by atoms with E-state index in [0.717, 1.165) is 16.7 Å². The van der Waals surface area contributed by atoms with Crippen molar-refractivity contribution in [1.82, 2.24) is 14.3 Å². The predicted molar refractivity (Wildman–Crippen MR) is 132 cm³/mol. The molecule has 0 bridgehead atoms. The molecule has 4 rings (SSSR count). The topological polar surface area (TPSA) is 92.7 Å². The summed E-state index contributed by atoms with van der Waals surface area (Å²) < 4.78 is 33.9. The molecule has 0 saturated carbocycles. The first kappa shape index (κ1) is 24.1. The van der Waals surface area contributed by atoms with E-state index in [9.17, 15) is 13.2 Å². The number of benzene rings is 2. The molecule has 9 heteroatoms. The van der Waals surface area contributed by atoms with Crippen molar-refractivity contribution in [2.75, 3.05) is 37.7 Å². The molecule has 0 unspecified atom stereocenters. The zero-order valence-corrected chi connectivity index (χ0v) is 20.9. The number of carbonyl (C=O) groups is 1. The first-order valence-corrected chi connectivity index (χ1v) is 12.9. The van der Waals surface area contributed by atoms with Gasteiger partial charge in [0.2, 0.25) is 10.0 Å². The lowest BCUT2D eigenvalue weighted by Gasteiger charge is -2.25. The fourth-order valence-corrected chi connectivity index (χ4v) is 6.48. The minimum atomic E-state index is -3.66. The molecule has 1 aliphatic rings. The maximum atomic E-state index is 13.6. The lowest BCUT2D eigenvalue weighted by Crippen LogP contribution is -2.36. The van der Waals surface area contributed by atoms with Gasteiger partial charge in [-0.2, -0.15) is 4.31 Å². The zero-order chi connectivity index (χ0) is 24.5. The summed E-state index contributed by atoms with van der Waals surface area (Å²) in [6.07, 6.45) is 0.597. The molecule has 1 aromatic heterocycles. The Kier molecular flexibility index (Phi) is 6.86. The highest BCUT2D eigenvalue weighted by Crippen LogP contribution is 2.28. The van der Waals surface area contributed by atoms with Crippen LogP contribution >= 0.6 is 0 Å². The van der Waals surface area contributed by atoms with Gasteiger partial charge >= 0.3 is 5.97 Å². The van der Waals surface area contributed by atoms with E-state index in [0.29, 0.717) is 47.8 Å². The Morgan fingerprint density at radius 3 is 2.26 bits per heavy atom. The third kappa shape index (κ3) is 4.63. The molecule has 34 heavy (non-hydrogen) atoms. The average molecular weight is 483 g/mol. The van der Waals surface area contributed by atoms with Crippen LogP contribution in [0.4, 0.5) is 5.82 Å². The molecular formula is C25H30N4O4S. The Hall–Kier alpha value is -3.04. The van der Waals surface area contributed by atoms with E-state index < -0.39 is 16.0 Å². The molecule has 0 atom stereocenters. The number of hydrogen-bond acceptors (Lipinski definition) is 7. The molecule has 2 aromatic carbocycles. The second-order valence-corrected chi connectivity index (χ2v) is 10.5. The second kappa shape index (κ2) is 9.68. The van der Waals surface area contributed by atoms with Crippen LogP contribution in [0.15, 0.2) is 41.3 Å². The average Bonchev–Trinajstić information content (AvgIpc) is 3.04. The predicted octanol–water partition coefficient (Wildman–Crippen LogP) is 3.63. The Labute approximate surface area is 200 Å². The van der Waals surface area contributed by atoms with Crippen LogP contribution in [0.5, 0.6) is 0 Å². The quantitative estimate of drug-likeness (QED) is 0.513. The van der Waals surface area contributed by atoms with Gasteiger partial charge in [0.15, 0.2) is 11.5 Å². The maximum Gasteiger partial charge on any atom is 0.360 e. The SMILES string of the molecule is CCOC(=O)c1nc2ccccc2nc1N1CCCN(S(=O)(=O)c2c(C)cc(C)cc2C)CC1. The van der Waals surface area contributed by atoms with Crippen LogP contribution in [0.2, 0.25) is 0 Å². The number of sulfonamides is 1. The molecule has 180 valence electrons. The summed E-state index contributed by atoms with van der Waals surface area (Å²) >= 11 is 0.